The molecule has 5 heteroatoms. The van der Waals surface area contributed by atoms with Crippen LogP contribution in [0, 0.1) is 11.3 Å². The van der Waals surface area contributed by atoms with E-state index in [1.54, 1.807) is 48.5 Å². The standard InChI is InChI=1S/C17H12ClNO3/c1-21-16-11-12(3-2-10-19)4-9-15(16)22-17(20)13-5-7-14(18)8-6-13/h2-9,11H,1H3. The van der Waals surface area contributed by atoms with Crippen molar-refractivity contribution in [1.82, 2.24) is 0 Å². The normalized spacial score (nSPS) is 10.2. The van der Waals surface area contributed by atoms with Crippen molar-refractivity contribution in [1.29, 1.82) is 5.26 Å². The van der Waals surface area contributed by atoms with Crippen LogP contribution in [-0.2, 0) is 0 Å². The third kappa shape index (κ3) is 3.87. The van der Waals surface area contributed by atoms with Crippen molar-refractivity contribution in [3.05, 3.63) is 64.7 Å². The van der Waals surface area contributed by atoms with Crippen molar-refractivity contribution in [3.8, 4) is 17.6 Å². The van der Waals surface area contributed by atoms with Gasteiger partial charge in [-0.1, -0.05) is 17.7 Å². The molecule has 0 fully saturated rings. The lowest BCUT2D eigenvalue weighted by Crippen LogP contribution is -2.09. The van der Waals surface area contributed by atoms with E-state index in [0.717, 1.165) is 5.56 Å². The molecule has 22 heavy (non-hydrogen) atoms. The van der Waals surface area contributed by atoms with E-state index in [0.29, 0.717) is 22.1 Å². The number of rotatable bonds is 4. The molecule has 4 nitrogen and oxygen atoms in total. The zero-order chi connectivity index (χ0) is 15.9. The highest BCUT2D eigenvalue weighted by Crippen LogP contribution is 2.29. The molecule has 0 unspecified atom stereocenters. The van der Waals surface area contributed by atoms with Gasteiger partial charge in [-0.15, -0.1) is 0 Å². The number of hydrogen-bond acceptors (Lipinski definition) is 4. The predicted molar refractivity (Wildman–Crippen MR) is 84.1 cm³/mol. The van der Waals surface area contributed by atoms with Gasteiger partial charge in [-0.3, -0.25) is 0 Å². The van der Waals surface area contributed by atoms with Crippen molar-refractivity contribution in [2.24, 2.45) is 0 Å². The molecule has 0 heterocycles. The number of halogens is 1. The van der Waals surface area contributed by atoms with Gasteiger partial charge < -0.3 is 9.47 Å². The predicted octanol–water partition coefficient (Wildman–Crippen LogP) is 4.10. The molecule has 0 amide bonds. The first-order chi connectivity index (χ1) is 10.6. The molecule has 2 aromatic carbocycles. The SMILES string of the molecule is COc1cc(C=CC#N)ccc1OC(=O)c1ccc(Cl)cc1. The van der Waals surface area contributed by atoms with Crippen LogP contribution in [0.25, 0.3) is 6.08 Å². The number of allylic oxidation sites excluding steroid dienone is 1. The second kappa shape index (κ2) is 7.30. The number of benzene rings is 2. The summed E-state index contributed by atoms with van der Waals surface area (Å²) in [5.41, 5.74) is 1.16. The number of carbonyl (C=O) groups is 1. The second-order valence-corrected chi connectivity index (χ2v) is 4.71. The summed E-state index contributed by atoms with van der Waals surface area (Å²) in [7, 11) is 1.48. The Hall–Kier alpha value is -2.77. The van der Waals surface area contributed by atoms with Crippen LogP contribution >= 0.6 is 11.6 Å². The summed E-state index contributed by atoms with van der Waals surface area (Å²) in [6.45, 7) is 0. The second-order valence-electron chi connectivity index (χ2n) is 4.27. The number of carbonyl (C=O) groups excluding carboxylic acids is 1. The molecule has 0 N–H and O–H groups in total. The van der Waals surface area contributed by atoms with E-state index in [1.165, 1.54) is 13.2 Å². The van der Waals surface area contributed by atoms with Crippen LogP contribution in [0.2, 0.25) is 5.02 Å². The number of methoxy groups -OCH3 is 1. The van der Waals surface area contributed by atoms with Gasteiger partial charge >= 0.3 is 5.97 Å². The van der Waals surface area contributed by atoms with Crippen LogP contribution < -0.4 is 9.47 Å². The minimum absolute atomic E-state index is 0.302. The molecule has 0 aliphatic carbocycles. The fourth-order valence-corrected chi connectivity index (χ4v) is 1.88. The van der Waals surface area contributed by atoms with E-state index >= 15 is 0 Å². The zero-order valence-corrected chi connectivity index (χ0v) is 12.5. The Morgan fingerprint density at radius 2 is 1.91 bits per heavy atom. The first-order valence-corrected chi connectivity index (χ1v) is 6.74. The monoisotopic (exact) mass is 313 g/mol. The van der Waals surface area contributed by atoms with Gasteiger partial charge in [0.15, 0.2) is 11.5 Å². The summed E-state index contributed by atoms with van der Waals surface area (Å²) in [5, 5.41) is 9.07. The third-order valence-electron chi connectivity index (χ3n) is 2.82. The maximum Gasteiger partial charge on any atom is 0.343 e. The van der Waals surface area contributed by atoms with E-state index in [2.05, 4.69) is 0 Å². The van der Waals surface area contributed by atoms with Crippen molar-refractivity contribution in [2.45, 2.75) is 0 Å². The van der Waals surface area contributed by atoms with Gasteiger partial charge in [-0.05, 0) is 48.0 Å². The summed E-state index contributed by atoms with van der Waals surface area (Å²) >= 11 is 5.78. The fraction of sp³-hybridized carbons (Fsp3) is 0.0588. The van der Waals surface area contributed by atoms with Gasteiger partial charge in [0.2, 0.25) is 0 Å². The highest BCUT2D eigenvalue weighted by atomic mass is 35.5. The molecular weight excluding hydrogens is 302 g/mol. The van der Waals surface area contributed by atoms with Gasteiger partial charge in [0, 0.05) is 11.1 Å². The largest absolute Gasteiger partial charge is 0.493 e. The molecule has 0 spiro atoms. The summed E-state index contributed by atoms with van der Waals surface area (Å²) in [5.74, 6) is 0.203. The van der Waals surface area contributed by atoms with Gasteiger partial charge in [0.05, 0.1) is 18.7 Å². The Labute approximate surface area is 133 Å². The van der Waals surface area contributed by atoms with E-state index < -0.39 is 5.97 Å². The Morgan fingerprint density at radius 1 is 1.18 bits per heavy atom. The topological polar surface area (TPSA) is 59.3 Å². The Morgan fingerprint density at radius 3 is 2.55 bits per heavy atom. The fourth-order valence-electron chi connectivity index (χ4n) is 1.75. The summed E-state index contributed by atoms with van der Waals surface area (Å²) in [4.78, 5) is 12.1. The lowest BCUT2D eigenvalue weighted by molar-refractivity contribution is 0.0729. The lowest BCUT2D eigenvalue weighted by Gasteiger charge is -2.10. The number of esters is 1. The van der Waals surface area contributed by atoms with Crippen molar-refractivity contribution < 1.29 is 14.3 Å². The Balaban J connectivity index is 2.22. The highest BCUT2D eigenvalue weighted by Gasteiger charge is 2.12. The number of nitrogens with zero attached hydrogens (tertiary/aromatic N) is 1. The van der Waals surface area contributed by atoms with E-state index in [1.807, 2.05) is 6.07 Å². The van der Waals surface area contributed by atoms with Crippen LogP contribution in [0.3, 0.4) is 0 Å². The number of ether oxygens (including phenoxy) is 2. The Kier molecular flexibility index (Phi) is 5.18. The van der Waals surface area contributed by atoms with Crippen LogP contribution in [0.1, 0.15) is 15.9 Å². The van der Waals surface area contributed by atoms with Crippen LogP contribution in [0.4, 0.5) is 0 Å². The summed E-state index contributed by atoms with van der Waals surface area (Å²) in [6.07, 6.45) is 2.99. The molecule has 0 aliphatic rings. The number of nitriles is 1. The highest BCUT2D eigenvalue weighted by molar-refractivity contribution is 6.30. The lowest BCUT2D eigenvalue weighted by atomic mass is 10.2. The molecule has 0 saturated carbocycles. The molecule has 0 aromatic heterocycles. The minimum atomic E-state index is -0.504. The quantitative estimate of drug-likeness (QED) is 0.484. The smallest absolute Gasteiger partial charge is 0.343 e. The minimum Gasteiger partial charge on any atom is -0.493 e. The molecule has 0 atom stereocenters. The molecule has 110 valence electrons. The van der Waals surface area contributed by atoms with Crippen LogP contribution in [0.15, 0.2) is 48.5 Å². The van der Waals surface area contributed by atoms with Crippen molar-refractivity contribution >= 4 is 23.6 Å². The van der Waals surface area contributed by atoms with Gasteiger partial charge in [0.25, 0.3) is 0 Å². The maximum absolute atomic E-state index is 12.1. The average molecular weight is 314 g/mol. The first-order valence-electron chi connectivity index (χ1n) is 6.36. The summed E-state index contributed by atoms with van der Waals surface area (Å²) in [6, 6.07) is 13.3. The van der Waals surface area contributed by atoms with Crippen LogP contribution in [-0.4, -0.2) is 13.1 Å². The number of hydrogen-bond donors (Lipinski definition) is 0. The molecular formula is C17H12ClNO3. The van der Waals surface area contributed by atoms with Gasteiger partial charge in [-0.25, -0.2) is 4.79 Å². The van der Waals surface area contributed by atoms with E-state index in [9.17, 15) is 4.79 Å². The molecule has 0 aliphatic heterocycles. The van der Waals surface area contributed by atoms with Crippen molar-refractivity contribution in [2.75, 3.05) is 7.11 Å². The van der Waals surface area contributed by atoms with Crippen LogP contribution in [0.5, 0.6) is 11.5 Å². The third-order valence-corrected chi connectivity index (χ3v) is 3.07. The van der Waals surface area contributed by atoms with Gasteiger partial charge in [0.1, 0.15) is 0 Å². The zero-order valence-electron chi connectivity index (χ0n) is 11.7. The first kappa shape index (κ1) is 15.6. The molecule has 2 aromatic rings. The molecule has 0 bridgehead atoms. The van der Waals surface area contributed by atoms with E-state index in [4.69, 9.17) is 26.3 Å². The Bertz CT molecular complexity index is 745. The molecule has 2 rings (SSSR count). The van der Waals surface area contributed by atoms with Gasteiger partial charge in [-0.2, -0.15) is 5.26 Å². The average Bonchev–Trinajstić information content (AvgIpc) is 2.54. The molecule has 0 saturated heterocycles. The summed E-state index contributed by atoms with van der Waals surface area (Å²) < 4.78 is 10.5. The van der Waals surface area contributed by atoms with Crippen molar-refractivity contribution in [3.63, 3.8) is 0 Å². The molecule has 0 radical (unpaired) electrons. The maximum atomic E-state index is 12.1. The van der Waals surface area contributed by atoms with E-state index in [-0.39, 0.29) is 0 Å².